The number of hydrogen-bond donors (Lipinski definition) is 2. The lowest BCUT2D eigenvalue weighted by Gasteiger charge is -2.15. The lowest BCUT2D eigenvalue weighted by Crippen LogP contribution is -2.25. The van der Waals surface area contributed by atoms with Crippen molar-refractivity contribution in [2.45, 2.75) is 13.0 Å². The van der Waals surface area contributed by atoms with E-state index < -0.39 is 0 Å². The fraction of sp³-hybridized carbons (Fsp3) is 0.214. The Morgan fingerprint density at radius 3 is 2.86 bits per heavy atom. The zero-order valence-corrected chi connectivity index (χ0v) is 12.3. The number of benzene rings is 1. The summed E-state index contributed by atoms with van der Waals surface area (Å²) in [6.07, 6.45) is 1.50. The van der Waals surface area contributed by atoms with Gasteiger partial charge in [0, 0.05) is 30.5 Å². The quantitative estimate of drug-likeness (QED) is 0.755. The molecule has 0 bridgehead atoms. The number of nitrogens with one attached hydrogen (secondary N) is 2. The summed E-state index contributed by atoms with van der Waals surface area (Å²) in [5.74, 6) is 0. The van der Waals surface area contributed by atoms with E-state index in [0.717, 1.165) is 5.69 Å². The van der Waals surface area contributed by atoms with Crippen molar-refractivity contribution in [1.82, 2.24) is 14.6 Å². The highest BCUT2D eigenvalue weighted by molar-refractivity contribution is 7.20. The highest BCUT2D eigenvalue weighted by atomic mass is 32.1. The Morgan fingerprint density at radius 2 is 2.10 bits per heavy atom. The molecule has 2 aromatic heterocycles. The van der Waals surface area contributed by atoms with Crippen LogP contribution in [0.15, 0.2) is 47.4 Å². The molecule has 1 atom stereocenters. The van der Waals surface area contributed by atoms with Crippen LogP contribution in [-0.2, 0) is 0 Å². The monoisotopic (exact) mass is 301 g/mol. The second-order valence-corrected chi connectivity index (χ2v) is 5.63. The molecule has 7 heteroatoms. The molecule has 0 spiro atoms. The molecule has 1 unspecified atom stereocenters. The molecule has 21 heavy (non-hydrogen) atoms. The molecule has 0 saturated heterocycles. The lowest BCUT2D eigenvalue weighted by molar-refractivity contribution is 0.824. The molecule has 1 aromatic carbocycles. The average Bonchev–Trinajstić information content (AvgIpc) is 2.91. The normalized spacial score (nSPS) is 12.2. The minimum atomic E-state index is -0.167. The van der Waals surface area contributed by atoms with E-state index in [1.165, 1.54) is 28.1 Å². The van der Waals surface area contributed by atoms with Crippen LogP contribution in [0, 0.1) is 0 Å². The molecule has 3 rings (SSSR count). The van der Waals surface area contributed by atoms with E-state index in [-0.39, 0.29) is 11.6 Å². The van der Waals surface area contributed by atoms with Gasteiger partial charge in [0.1, 0.15) is 0 Å². The van der Waals surface area contributed by atoms with Crippen LogP contribution in [0.1, 0.15) is 6.92 Å². The fourth-order valence-corrected chi connectivity index (χ4v) is 2.71. The van der Waals surface area contributed by atoms with E-state index in [4.69, 9.17) is 0 Å². The Labute approximate surface area is 125 Å². The van der Waals surface area contributed by atoms with Crippen molar-refractivity contribution in [3.8, 4) is 0 Å². The molecular weight excluding hydrogens is 286 g/mol. The molecule has 0 aliphatic carbocycles. The Kier molecular flexibility index (Phi) is 3.83. The molecule has 0 aliphatic heterocycles. The van der Waals surface area contributed by atoms with E-state index >= 15 is 0 Å². The SMILES string of the molecule is CC(CNc1nn2c(=O)ccnc2s1)Nc1ccccc1. The second-order valence-electron chi connectivity index (χ2n) is 4.68. The first kappa shape index (κ1) is 13.6. The van der Waals surface area contributed by atoms with Gasteiger partial charge in [-0.3, -0.25) is 4.79 Å². The van der Waals surface area contributed by atoms with Gasteiger partial charge in [-0.1, -0.05) is 29.5 Å². The third-order valence-corrected chi connectivity index (χ3v) is 3.80. The average molecular weight is 301 g/mol. The molecule has 2 N–H and O–H groups in total. The van der Waals surface area contributed by atoms with Crippen molar-refractivity contribution in [2.24, 2.45) is 0 Å². The lowest BCUT2D eigenvalue weighted by atomic mass is 10.2. The predicted octanol–water partition coefficient (Wildman–Crippen LogP) is 2.06. The molecule has 2 heterocycles. The van der Waals surface area contributed by atoms with Gasteiger partial charge in [-0.2, -0.15) is 4.52 Å². The van der Waals surface area contributed by atoms with Crippen LogP contribution in [0.2, 0.25) is 0 Å². The molecule has 3 aromatic rings. The largest absolute Gasteiger partial charge is 0.381 e. The molecule has 0 fully saturated rings. The van der Waals surface area contributed by atoms with Crippen molar-refractivity contribution >= 4 is 27.1 Å². The third-order valence-electron chi connectivity index (χ3n) is 2.92. The van der Waals surface area contributed by atoms with Gasteiger partial charge in [0.25, 0.3) is 5.56 Å². The zero-order chi connectivity index (χ0) is 14.7. The summed E-state index contributed by atoms with van der Waals surface area (Å²) in [5.41, 5.74) is 0.911. The van der Waals surface area contributed by atoms with Gasteiger partial charge in [-0.25, -0.2) is 4.98 Å². The first-order valence-electron chi connectivity index (χ1n) is 6.63. The predicted molar refractivity (Wildman–Crippen MR) is 85.2 cm³/mol. The molecule has 108 valence electrons. The van der Waals surface area contributed by atoms with E-state index in [9.17, 15) is 4.79 Å². The molecule has 0 amide bonds. The zero-order valence-electron chi connectivity index (χ0n) is 11.5. The maximum atomic E-state index is 11.6. The van der Waals surface area contributed by atoms with Crippen molar-refractivity contribution in [1.29, 1.82) is 0 Å². The van der Waals surface area contributed by atoms with Crippen LogP contribution < -0.4 is 16.2 Å². The summed E-state index contributed by atoms with van der Waals surface area (Å²) in [6.45, 7) is 2.78. The van der Waals surface area contributed by atoms with Gasteiger partial charge in [0.2, 0.25) is 10.1 Å². The summed E-state index contributed by atoms with van der Waals surface area (Å²) in [6, 6.07) is 11.7. The van der Waals surface area contributed by atoms with Crippen LogP contribution in [0.4, 0.5) is 10.8 Å². The van der Waals surface area contributed by atoms with Crippen LogP contribution in [0.25, 0.3) is 4.96 Å². The van der Waals surface area contributed by atoms with Crippen LogP contribution in [0.3, 0.4) is 0 Å². The smallest absolute Gasteiger partial charge is 0.275 e. The van der Waals surface area contributed by atoms with Gasteiger partial charge in [-0.05, 0) is 19.1 Å². The minimum absolute atomic E-state index is 0.167. The molecular formula is C14H15N5OS. The summed E-state index contributed by atoms with van der Waals surface area (Å²) >= 11 is 1.36. The standard InChI is InChI=1S/C14H15N5OS/c1-10(17-11-5-3-2-4-6-11)9-16-13-18-19-12(20)7-8-15-14(19)21-13/h2-8,10,17H,9H2,1H3,(H,16,18). The number of hydrogen-bond acceptors (Lipinski definition) is 6. The first-order chi connectivity index (χ1) is 10.2. The summed E-state index contributed by atoms with van der Waals surface area (Å²) in [5, 5.41) is 11.5. The number of anilines is 2. The van der Waals surface area contributed by atoms with Crippen molar-refractivity contribution in [3.05, 3.63) is 52.9 Å². The molecule has 0 radical (unpaired) electrons. The Morgan fingerprint density at radius 1 is 1.29 bits per heavy atom. The summed E-state index contributed by atoms with van der Waals surface area (Å²) < 4.78 is 1.31. The van der Waals surface area contributed by atoms with Gasteiger partial charge < -0.3 is 10.6 Å². The van der Waals surface area contributed by atoms with Gasteiger partial charge in [-0.15, -0.1) is 5.10 Å². The number of nitrogens with zero attached hydrogens (tertiary/aromatic N) is 3. The Hall–Kier alpha value is -2.41. The van der Waals surface area contributed by atoms with E-state index in [1.807, 2.05) is 30.3 Å². The van der Waals surface area contributed by atoms with Gasteiger partial charge in [0.05, 0.1) is 0 Å². The van der Waals surface area contributed by atoms with E-state index in [0.29, 0.717) is 16.6 Å². The van der Waals surface area contributed by atoms with Crippen LogP contribution in [0.5, 0.6) is 0 Å². The highest BCUT2D eigenvalue weighted by Crippen LogP contribution is 2.16. The van der Waals surface area contributed by atoms with Crippen LogP contribution >= 0.6 is 11.3 Å². The third kappa shape index (κ3) is 3.19. The molecule has 0 aliphatic rings. The molecule has 6 nitrogen and oxygen atoms in total. The number of rotatable bonds is 5. The molecule has 0 saturated carbocycles. The van der Waals surface area contributed by atoms with E-state index in [1.54, 1.807) is 0 Å². The topological polar surface area (TPSA) is 71.3 Å². The van der Waals surface area contributed by atoms with Crippen molar-refractivity contribution in [3.63, 3.8) is 0 Å². The number of aromatic nitrogens is 3. The Bertz CT molecular complexity index is 783. The maximum Gasteiger partial charge on any atom is 0.275 e. The van der Waals surface area contributed by atoms with Crippen molar-refractivity contribution < 1.29 is 0 Å². The maximum absolute atomic E-state index is 11.6. The van der Waals surface area contributed by atoms with Crippen LogP contribution in [-0.4, -0.2) is 27.2 Å². The first-order valence-corrected chi connectivity index (χ1v) is 7.44. The minimum Gasteiger partial charge on any atom is -0.381 e. The number of para-hydroxylation sites is 1. The van der Waals surface area contributed by atoms with Crippen molar-refractivity contribution in [2.75, 3.05) is 17.2 Å². The second kappa shape index (κ2) is 5.92. The summed E-state index contributed by atoms with van der Waals surface area (Å²) in [7, 11) is 0. The van der Waals surface area contributed by atoms with E-state index in [2.05, 4.69) is 27.6 Å². The summed E-state index contributed by atoms with van der Waals surface area (Å²) in [4.78, 5) is 16.3. The highest BCUT2D eigenvalue weighted by Gasteiger charge is 2.07. The number of fused-ring (bicyclic) bond motifs is 1. The van der Waals surface area contributed by atoms with Gasteiger partial charge in [0.15, 0.2) is 0 Å². The fourth-order valence-electron chi connectivity index (χ4n) is 1.93. The van der Waals surface area contributed by atoms with Gasteiger partial charge >= 0.3 is 0 Å². The Balaban J connectivity index is 1.63.